The number of nitrogens with one attached hydrogen (secondary N) is 2. The molecule has 1 aliphatic rings. The van der Waals surface area contributed by atoms with Crippen LogP contribution in [-0.4, -0.2) is 27.3 Å². The Hall–Kier alpha value is -1.36. The molecule has 0 bridgehead atoms. The summed E-state index contributed by atoms with van der Waals surface area (Å²) in [4.78, 5) is 11.9. The van der Waals surface area contributed by atoms with E-state index in [4.69, 9.17) is 0 Å². The molecule has 1 fully saturated rings. The number of carbonyl (C=O) groups excluding carboxylic acids is 1. The van der Waals surface area contributed by atoms with Crippen molar-refractivity contribution in [3.8, 4) is 0 Å². The molecular weight excluding hydrogens is 206 g/mol. The van der Waals surface area contributed by atoms with Crippen molar-refractivity contribution in [1.82, 2.24) is 10.2 Å². The van der Waals surface area contributed by atoms with Gasteiger partial charge in [0.2, 0.25) is 5.91 Å². The molecule has 2 rings (SSSR count). The van der Waals surface area contributed by atoms with Crippen molar-refractivity contribution in [1.29, 1.82) is 0 Å². The van der Waals surface area contributed by atoms with E-state index in [-0.39, 0.29) is 17.9 Å². The van der Waals surface area contributed by atoms with Crippen LogP contribution in [0.5, 0.6) is 0 Å². The first kappa shape index (κ1) is 11.1. The first-order valence-corrected chi connectivity index (χ1v) is 5.65. The molecule has 1 heterocycles. The SMILES string of the molecule is Cc1[nH]ncc1NC(=O)C1CCC(O)CC1. The molecule has 1 saturated carbocycles. The zero-order valence-electron chi connectivity index (χ0n) is 9.36. The van der Waals surface area contributed by atoms with Crippen molar-refractivity contribution >= 4 is 11.6 Å². The summed E-state index contributed by atoms with van der Waals surface area (Å²) in [6, 6.07) is 0. The molecule has 0 aromatic carbocycles. The highest BCUT2D eigenvalue weighted by Crippen LogP contribution is 2.25. The highest BCUT2D eigenvalue weighted by Gasteiger charge is 2.25. The van der Waals surface area contributed by atoms with Crippen molar-refractivity contribution in [3.05, 3.63) is 11.9 Å². The summed E-state index contributed by atoms with van der Waals surface area (Å²) in [7, 11) is 0. The van der Waals surface area contributed by atoms with Gasteiger partial charge in [-0.25, -0.2) is 0 Å². The summed E-state index contributed by atoms with van der Waals surface area (Å²) in [5.74, 6) is 0.0640. The highest BCUT2D eigenvalue weighted by atomic mass is 16.3. The number of carbonyl (C=O) groups is 1. The van der Waals surface area contributed by atoms with Gasteiger partial charge in [-0.1, -0.05) is 0 Å². The van der Waals surface area contributed by atoms with Crippen LogP contribution in [0.2, 0.25) is 0 Å². The Labute approximate surface area is 94.2 Å². The van der Waals surface area contributed by atoms with Gasteiger partial charge in [-0.05, 0) is 32.6 Å². The van der Waals surface area contributed by atoms with Crippen LogP contribution in [-0.2, 0) is 4.79 Å². The lowest BCUT2D eigenvalue weighted by molar-refractivity contribution is -0.121. The molecule has 88 valence electrons. The van der Waals surface area contributed by atoms with Gasteiger partial charge in [0, 0.05) is 5.92 Å². The van der Waals surface area contributed by atoms with Crippen LogP contribution in [0, 0.1) is 12.8 Å². The molecule has 5 nitrogen and oxygen atoms in total. The van der Waals surface area contributed by atoms with Gasteiger partial charge in [-0.15, -0.1) is 0 Å². The number of aromatic nitrogens is 2. The lowest BCUT2D eigenvalue weighted by Crippen LogP contribution is -2.28. The summed E-state index contributed by atoms with van der Waals surface area (Å²) in [6.07, 6.45) is 4.38. The molecule has 16 heavy (non-hydrogen) atoms. The largest absolute Gasteiger partial charge is 0.393 e. The number of rotatable bonds is 2. The van der Waals surface area contributed by atoms with Crippen molar-refractivity contribution in [2.24, 2.45) is 5.92 Å². The van der Waals surface area contributed by atoms with Gasteiger partial charge in [0.05, 0.1) is 23.7 Å². The number of aryl methyl sites for hydroxylation is 1. The molecule has 1 aromatic heterocycles. The van der Waals surface area contributed by atoms with E-state index in [1.54, 1.807) is 6.20 Å². The highest BCUT2D eigenvalue weighted by molar-refractivity contribution is 5.92. The number of aliphatic hydroxyl groups is 1. The number of anilines is 1. The molecular formula is C11H17N3O2. The van der Waals surface area contributed by atoms with E-state index in [2.05, 4.69) is 15.5 Å². The number of hydrogen-bond donors (Lipinski definition) is 3. The molecule has 5 heteroatoms. The molecule has 3 N–H and O–H groups in total. The molecule has 0 aliphatic heterocycles. The molecule has 0 radical (unpaired) electrons. The fourth-order valence-corrected chi connectivity index (χ4v) is 2.05. The standard InChI is InChI=1S/C11H17N3O2/c1-7-10(6-12-14-7)13-11(16)8-2-4-9(15)5-3-8/h6,8-9,15H,2-5H2,1H3,(H,12,14)(H,13,16). The fourth-order valence-electron chi connectivity index (χ4n) is 2.05. The van der Waals surface area contributed by atoms with Gasteiger partial charge in [-0.3, -0.25) is 9.89 Å². The van der Waals surface area contributed by atoms with Gasteiger partial charge in [0.25, 0.3) is 0 Å². The Morgan fingerprint density at radius 3 is 2.75 bits per heavy atom. The van der Waals surface area contributed by atoms with E-state index in [0.29, 0.717) is 0 Å². The monoisotopic (exact) mass is 223 g/mol. The van der Waals surface area contributed by atoms with Crippen LogP contribution in [0.25, 0.3) is 0 Å². The molecule has 0 unspecified atom stereocenters. The van der Waals surface area contributed by atoms with Crippen LogP contribution in [0.4, 0.5) is 5.69 Å². The second-order valence-electron chi connectivity index (χ2n) is 4.40. The number of hydrogen-bond acceptors (Lipinski definition) is 3. The van der Waals surface area contributed by atoms with E-state index in [1.165, 1.54) is 0 Å². The fraction of sp³-hybridized carbons (Fsp3) is 0.636. The number of aromatic amines is 1. The van der Waals surface area contributed by atoms with E-state index in [1.807, 2.05) is 6.92 Å². The summed E-state index contributed by atoms with van der Waals surface area (Å²) >= 11 is 0. The normalized spacial score (nSPS) is 25.4. The Morgan fingerprint density at radius 2 is 2.19 bits per heavy atom. The van der Waals surface area contributed by atoms with Crippen LogP contribution in [0.15, 0.2) is 6.20 Å². The minimum atomic E-state index is -0.222. The average Bonchev–Trinajstić information content (AvgIpc) is 2.65. The van der Waals surface area contributed by atoms with Crippen LogP contribution < -0.4 is 5.32 Å². The van der Waals surface area contributed by atoms with Crippen molar-refractivity contribution in [2.75, 3.05) is 5.32 Å². The lowest BCUT2D eigenvalue weighted by atomic mass is 9.87. The topological polar surface area (TPSA) is 78.0 Å². The third-order valence-electron chi connectivity index (χ3n) is 3.16. The summed E-state index contributed by atoms with van der Waals surface area (Å²) < 4.78 is 0. The van der Waals surface area contributed by atoms with Gasteiger partial charge in [0.1, 0.15) is 0 Å². The van der Waals surface area contributed by atoms with Gasteiger partial charge < -0.3 is 10.4 Å². The van der Waals surface area contributed by atoms with Crippen molar-refractivity contribution in [2.45, 2.75) is 38.7 Å². The van der Waals surface area contributed by atoms with Crippen LogP contribution in [0.1, 0.15) is 31.4 Å². The first-order chi connectivity index (χ1) is 7.66. The maximum Gasteiger partial charge on any atom is 0.227 e. The van der Waals surface area contributed by atoms with Crippen LogP contribution >= 0.6 is 0 Å². The number of H-pyrrole nitrogens is 1. The maximum atomic E-state index is 11.9. The summed E-state index contributed by atoms with van der Waals surface area (Å²) in [5.41, 5.74) is 1.61. The van der Waals surface area contributed by atoms with Crippen molar-refractivity contribution in [3.63, 3.8) is 0 Å². The first-order valence-electron chi connectivity index (χ1n) is 5.65. The van der Waals surface area contributed by atoms with E-state index >= 15 is 0 Å². The quantitative estimate of drug-likeness (QED) is 0.705. The third kappa shape index (κ3) is 2.41. The predicted octanol–water partition coefficient (Wildman–Crippen LogP) is 1.21. The van der Waals surface area contributed by atoms with E-state index in [9.17, 15) is 9.90 Å². The Kier molecular flexibility index (Phi) is 3.24. The minimum absolute atomic E-state index is 0.0256. The predicted molar refractivity (Wildman–Crippen MR) is 59.9 cm³/mol. The third-order valence-corrected chi connectivity index (χ3v) is 3.16. The molecule has 1 aliphatic carbocycles. The number of amides is 1. The Balaban J connectivity index is 1.91. The van der Waals surface area contributed by atoms with Gasteiger partial charge in [0.15, 0.2) is 0 Å². The molecule has 0 atom stereocenters. The molecule has 1 amide bonds. The zero-order valence-corrected chi connectivity index (χ0v) is 9.36. The van der Waals surface area contributed by atoms with E-state index < -0.39 is 0 Å². The molecule has 0 saturated heterocycles. The van der Waals surface area contributed by atoms with Crippen LogP contribution in [0.3, 0.4) is 0 Å². The zero-order chi connectivity index (χ0) is 11.5. The number of nitrogens with zero attached hydrogens (tertiary/aromatic N) is 1. The second-order valence-corrected chi connectivity index (χ2v) is 4.40. The van der Waals surface area contributed by atoms with Gasteiger partial charge >= 0.3 is 0 Å². The van der Waals surface area contributed by atoms with Gasteiger partial charge in [-0.2, -0.15) is 5.10 Å². The minimum Gasteiger partial charge on any atom is -0.393 e. The second kappa shape index (κ2) is 4.65. The average molecular weight is 223 g/mol. The van der Waals surface area contributed by atoms with Crippen molar-refractivity contribution < 1.29 is 9.90 Å². The number of aliphatic hydroxyl groups excluding tert-OH is 1. The summed E-state index contributed by atoms with van der Waals surface area (Å²) in [6.45, 7) is 1.87. The summed E-state index contributed by atoms with van der Waals surface area (Å²) in [5, 5.41) is 18.9. The molecule has 0 spiro atoms. The Bertz CT molecular complexity index is 367. The molecule has 1 aromatic rings. The lowest BCUT2D eigenvalue weighted by Gasteiger charge is -2.24. The smallest absolute Gasteiger partial charge is 0.227 e. The maximum absolute atomic E-state index is 11.9. The Morgan fingerprint density at radius 1 is 1.50 bits per heavy atom. The van der Waals surface area contributed by atoms with E-state index in [0.717, 1.165) is 37.1 Å².